The largest absolute Gasteiger partial charge is 0.489 e. The highest BCUT2D eigenvalue weighted by molar-refractivity contribution is 5.94. The Hall–Kier alpha value is -4.68. The number of carbonyl (C=O) groups is 5. The molecule has 0 aliphatic carbocycles. The fourth-order valence-electron chi connectivity index (χ4n) is 5.15. The summed E-state index contributed by atoms with van der Waals surface area (Å²) in [7, 11) is 0. The van der Waals surface area contributed by atoms with Crippen LogP contribution in [0.15, 0.2) is 42.6 Å². The predicted molar refractivity (Wildman–Crippen MR) is 161 cm³/mol. The van der Waals surface area contributed by atoms with E-state index in [0.29, 0.717) is 23.4 Å². The highest BCUT2D eigenvalue weighted by Gasteiger charge is 2.37. The Morgan fingerprint density at radius 1 is 1.11 bits per heavy atom. The Labute approximate surface area is 256 Å². The zero-order valence-corrected chi connectivity index (χ0v) is 25.6. The minimum absolute atomic E-state index is 0.00930. The molecule has 236 valence electrons. The lowest BCUT2D eigenvalue weighted by Gasteiger charge is -2.29. The van der Waals surface area contributed by atoms with E-state index < -0.39 is 17.6 Å². The van der Waals surface area contributed by atoms with Crippen LogP contribution in [0.5, 0.6) is 5.75 Å². The predicted octanol–water partition coefficient (Wildman–Crippen LogP) is 1.72. The lowest BCUT2D eigenvalue weighted by molar-refractivity contribution is -0.154. The number of nitrogens with one attached hydrogen (secondary N) is 3. The van der Waals surface area contributed by atoms with Crippen LogP contribution in [0.4, 0.5) is 4.79 Å². The van der Waals surface area contributed by atoms with Crippen LogP contribution in [0, 0.1) is 0 Å². The maximum Gasteiger partial charge on any atom is 0.317 e. The summed E-state index contributed by atoms with van der Waals surface area (Å²) in [6.45, 7) is 6.92. The van der Waals surface area contributed by atoms with Gasteiger partial charge in [-0.3, -0.25) is 24.2 Å². The number of hydrogen-bond acceptors (Lipinski definition) is 8. The number of hydrogen-bond donors (Lipinski definition) is 3. The summed E-state index contributed by atoms with van der Waals surface area (Å²) in [6.07, 6.45) is 2.07. The molecule has 3 aliphatic rings. The molecule has 2 bridgehead atoms. The number of benzene rings is 1. The topological polar surface area (TPSA) is 159 Å². The molecule has 1 fully saturated rings. The normalized spacial score (nSPS) is 19.2. The molecule has 1 aromatic carbocycles. The van der Waals surface area contributed by atoms with Gasteiger partial charge in [0.1, 0.15) is 30.2 Å². The van der Waals surface area contributed by atoms with Crippen molar-refractivity contribution in [2.45, 2.75) is 58.2 Å². The average molecular weight is 609 g/mol. The standard InChI is InChI=1S/C31H40N6O7/c1-20(38)35-23-16-24-19-43-25-6-5-12-32-28(25)21-7-9-22(10-8-21)29(41)33-14-15-36(18-26(39)37(24)17-23)30(42)34-13-11-27(40)44-31(2,3)4/h5-10,12,23-24H,11,13-19H2,1-4H3,(H,33,41)(H,34,42)(H,35,38)/t23-,24-/m0/s1. The molecular formula is C31H40N6O7. The number of pyridine rings is 1. The molecular weight excluding hydrogens is 568 g/mol. The highest BCUT2D eigenvalue weighted by atomic mass is 16.6. The molecule has 0 unspecified atom stereocenters. The number of rotatable bonds is 4. The van der Waals surface area contributed by atoms with E-state index >= 15 is 0 Å². The van der Waals surface area contributed by atoms with Crippen LogP contribution in [0.1, 0.15) is 50.9 Å². The van der Waals surface area contributed by atoms with E-state index in [1.807, 2.05) is 0 Å². The number of aromatic nitrogens is 1. The van der Waals surface area contributed by atoms with Gasteiger partial charge < -0.3 is 35.2 Å². The van der Waals surface area contributed by atoms with Gasteiger partial charge in [0.05, 0.1) is 12.5 Å². The smallest absolute Gasteiger partial charge is 0.317 e. The number of fused-ring (bicyclic) bond motifs is 9. The fourth-order valence-corrected chi connectivity index (χ4v) is 5.15. The molecule has 1 aromatic heterocycles. The third kappa shape index (κ3) is 8.91. The molecule has 13 nitrogen and oxygen atoms in total. The number of amides is 5. The lowest BCUT2D eigenvalue weighted by Crippen LogP contribution is -2.51. The second-order valence-electron chi connectivity index (χ2n) is 11.8. The van der Waals surface area contributed by atoms with E-state index in [0.717, 1.165) is 5.56 Å². The first-order valence-electron chi connectivity index (χ1n) is 14.7. The summed E-state index contributed by atoms with van der Waals surface area (Å²) in [5.74, 6) is -0.846. The quantitative estimate of drug-likeness (QED) is 0.443. The zero-order chi connectivity index (χ0) is 31.9. The summed E-state index contributed by atoms with van der Waals surface area (Å²) < 4.78 is 11.5. The third-order valence-electron chi connectivity index (χ3n) is 7.07. The molecule has 1 saturated heterocycles. The summed E-state index contributed by atoms with van der Waals surface area (Å²) in [5, 5.41) is 8.36. The van der Waals surface area contributed by atoms with Crippen LogP contribution in [-0.4, -0.2) is 102 Å². The van der Waals surface area contributed by atoms with Gasteiger partial charge in [0.15, 0.2) is 0 Å². The van der Waals surface area contributed by atoms with Crippen molar-refractivity contribution in [1.82, 2.24) is 30.7 Å². The van der Waals surface area contributed by atoms with Gasteiger partial charge in [0.2, 0.25) is 11.8 Å². The molecule has 44 heavy (non-hydrogen) atoms. The zero-order valence-electron chi connectivity index (χ0n) is 25.6. The number of urea groups is 1. The first-order chi connectivity index (χ1) is 20.9. The van der Waals surface area contributed by atoms with Crippen LogP contribution < -0.4 is 20.7 Å². The number of carbonyl (C=O) groups excluding carboxylic acids is 5. The van der Waals surface area contributed by atoms with Crippen LogP contribution in [0.3, 0.4) is 0 Å². The van der Waals surface area contributed by atoms with Gasteiger partial charge in [-0.15, -0.1) is 0 Å². The lowest BCUT2D eigenvalue weighted by atomic mass is 10.1. The number of esters is 1. The monoisotopic (exact) mass is 608 g/mol. The van der Waals surface area contributed by atoms with Gasteiger partial charge in [-0.05, 0) is 51.5 Å². The molecule has 3 N–H and O–H groups in total. The first-order valence-corrected chi connectivity index (χ1v) is 14.7. The Morgan fingerprint density at radius 2 is 1.84 bits per heavy atom. The van der Waals surface area contributed by atoms with E-state index in [2.05, 4.69) is 20.9 Å². The minimum atomic E-state index is -0.652. The second kappa shape index (κ2) is 14.2. The minimum Gasteiger partial charge on any atom is -0.489 e. The molecule has 5 rings (SSSR count). The molecule has 2 atom stereocenters. The summed E-state index contributed by atoms with van der Waals surface area (Å²) >= 11 is 0. The molecule has 0 saturated carbocycles. The van der Waals surface area contributed by atoms with Crippen molar-refractivity contribution >= 4 is 29.7 Å². The van der Waals surface area contributed by atoms with Crippen LogP contribution in [0.25, 0.3) is 11.3 Å². The van der Waals surface area contributed by atoms with Crippen LogP contribution in [0.2, 0.25) is 0 Å². The number of nitrogens with zero attached hydrogens (tertiary/aromatic N) is 3. The van der Waals surface area contributed by atoms with Gasteiger partial charge in [-0.2, -0.15) is 0 Å². The van der Waals surface area contributed by atoms with Gasteiger partial charge in [-0.1, -0.05) is 12.1 Å². The van der Waals surface area contributed by atoms with Crippen molar-refractivity contribution in [2.24, 2.45) is 0 Å². The molecule has 5 amide bonds. The van der Waals surface area contributed by atoms with Gasteiger partial charge in [-0.25, -0.2) is 4.79 Å². The van der Waals surface area contributed by atoms with Crippen molar-refractivity contribution in [3.8, 4) is 17.0 Å². The van der Waals surface area contributed by atoms with Gasteiger partial charge in [0, 0.05) is 56.5 Å². The molecule has 13 heteroatoms. The van der Waals surface area contributed by atoms with E-state index in [1.54, 1.807) is 68.3 Å². The first kappa shape index (κ1) is 32.2. The van der Waals surface area contributed by atoms with E-state index in [4.69, 9.17) is 9.47 Å². The summed E-state index contributed by atoms with van der Waals surface area (Å²) in [4.78, 5) is 71.1. The Balaban J connectivity index is 1.56. The Morgan fingerprint density at radius 3 is 2.55 bits per heavy atom. The van der Waals surface area contributed by atoms with E-state index in [9.17, 15) is 24.0 Å². The van der Waals surface area contributed by atoms with Gasteiger partial charge >= 0.3 is 12.0 Å². The van der Waals surface area contributed by atoms with E-state index in [-0.39, 0.29) is 75.6 Å². The molecule has 0 radical (unpaired) electrons. The van der Waals surface area contributed by atoms with Gasteiger partial charge in [0.25, 0.3) is 5.91 Å². The summed E-state index contributed by atoms with van der Waals surface area (Å²) in [5.41, 5.74) is 1.12. The Kier molecular flexibility index (Phi) is 10.4. The SMILES string of the molecule is CC(=O)N[C@H]1C[C@H]2COc3cccnc3-c3ccc(cc3)C(=O)NCCN(C(=O)NCCC(=O)OC(C)(C)C)CC(=O)N2C1. The maximum absolute atomic E-state index is 13.7. The molecule has 0 spiro atoms. The summed E-state index contributed by atoms with van der Waals surface area (Å²) in [6, 6.07) is 9.23. The fraction of sp³-hybridized carbons (Fsp3) is 0.484. The second-order valence-corrected chi connectivity index (χ2v) is 11.8. The van der Waals surface area contributed by atoms with E-state index in [1.165, 1.54) is 11.8 Å². The third-order valence-corrected chi connectivity index (χ3v) is 7.07. The maximum atomic E-state index is 13.7. The van der Waals surface area contributed by atoms with Crippen molar-refractivity contribution in [2.75, 3.05) is 39.3 Å². The van der Waals surface area contributed by atoms with Crippen molar-refractivity contribution in [3.05, 3.63) is 48.2 Å². The Bertz CT molecular complexity index is 1370. The van der Waals surface area contributed by atoms with Crippen LogP contribution >= 0.6 is 0 Å². The average Bonchev–Trinajstić information content (AvgIpc) is 3.36. The van der Waals surface area contributed by atoms with Crippen LogP contribution in [-0.2, 0) is 19.1 Å². The number of ether oxygens (including phenoxy) is 2. The highest BCUT2D eigenvalue weighted by Crippen LogP contribution is 2.29. The van der Waals surface area contributed by atoms with Crippen molar-refractivity contribution < 1.29 is 33.4 Å². The molecule has 3 aliphatic heterocycles. The molecule has 2 aromatic rings. The van der Waals surface area contributed by atoms with Crippen molar-refractivity contribution in [1.29, 1.82) is 0 Å². The molecule has 4 heterocycles. The van der Waals surface area contributed by atoms with Crippen molar-refractivity contribution in [3.63, 3.8) is 0 Å².